The van der Waals surface area contributed by atoms with Crippen LogP contribution in [0.15, 0.2) is 36.7 Å². The van der Waals surface area contributed by atoms with Crippen molar-refractivity contribution in [2.45, 2.75) is 51.7 Å². The van der Waals surface area contributed by atoms with Crippen LogP contribution in [0.3, 0.4) is 0 Å². The molecule has 11 nitrogen and oxygen atoms in total. The molecule has 3 atom stereocenters. The number of likely N-dealkylation sites (tertiary alicyclic amines) is 1. The normalized spacial score (nSPS) is 19.9. The first-order valence-corrected chi connectivity index (χ1v) is 13.7. The first-order valence-electron chi connectivity index (χ1n) is 13.7. The Morgan fingerprint density at radius 3 is 2.65 bits per heavy atom. The zero-order valence-electron chi connectivity index (χ0n) is 23.3. The maximum Gasteiger partial charge on any atom is 0.308 e. The molecule has 0 radical (unpaired) electrons. The molecule has 40 heavy (non-hydrogen) atoms. The first-order chi connectivity index (χ1) is 19.2. The summed E-state index contributed by atoms with van der Waals surface area (Å²) in [4.78, 5) is 47.8. The molecular weight excluding hydrogens is 516 g/mol. The Bertz CT molecular complexity index is 1210. The highest BCUT2D eigenvalue weighted by Crippen LogP contribution is 2.44. The smallest absolute Gasteiger partial charge is 0.308 e. The number of aliphatic hydroxyl groups excluding tert-OH is 1. The Morgan fingerprint density at radius 2 is 2.00 bits per heavy atom. The minimum atomic E-state index is -0.978. The van der Waals surface area contributed by atoms with E-state index in [9.17, 15) is 24.6 Å². The van der Waals surface area contributed by atoms with Crippen molar-refractivity contribution in [3.05, 3.63) is 47.8 Å². The van der Waals surface area contributed by atoms with E-state index in [-0.39, 0.29) is 31.8 Å². The topological polar surface area (TPSA) is 133 Å². The van der Waals surface area contributed by atoms with Crippen LogP contribution < -0.4 is 14.4 Å². The fourth-order valence-corrected chi connectivity index (χ4v) is 5.60. The molecule has 2 aromatic rings. The van der Waals surface area contributed by atoms with Gasteiger partial charge in [0.25, 0.3) is 0 Å². The number of rotatable bonds is 12. The molecule has 0 bridgehead atoms. The van der Waals surface area contributed by atoms with Crippen molar-refractivity contribution >= 4 is 23.5 Å². The Hall–Kier alpha value is -3.70. The molecule has 0 spiro atoms. The molecule has 0 aliphatic carbocycles. The molecule has 2 amide bonds. The third kappa shape index (κ3) is 6.37. The van der Waals surface area contributed by atoms with E-state index in [1.165, 1.54) is 6.92 Å². The summed E-state index contributed by atoms with van der Waals surface area (Å²) >= 11 is 0. The average Bonchev–Trinajstić information content (AvgIpc) is 3.56. The van der Waals surface area contributed by atoms with Gasteiger partial charge in [-0.25, -0.2) is 0 Å². The number of pyridine rings is 1. The van der Waals surface area contributed by atoms with Crippen molar-refractivity contribution in [2.75, 3.05) is 44.9 Å². The van der Waals surface area contributed by atoms with E-state index >= 15 is 0 Å². The number of anilines is 1. The van der Waals surface area contributed by atoms with Gasteiger partial charge in [-0.2, -0.15) is 0 Å². The Kier molecular flexibility index (Phi) is 9.59. The second kappa shape index (κ2) is 13.1. The van der Waals surface area contributed by atoms with Gasteiger partial charge in [-0.1, -0.05) is 13.3 Å². The second-order valence-corrected chi connectivity index (χ2v) is 10.4. The monoisotopic (exact) mass is 554 g/mol. The Labute approximate surface area is 234 Å². The third-order valence-corrected chi connectivity index (χ3v) is 7.83. The number of hydrogen-bond acceptors (Lipinski definition) is 8. The molecule has 0 unspecified atom stereocenters. The van der Waals surface area contributed by atoms with Gasteiger partial charge >= 0.3 is 5.97 Å². The number of benzene rings is 1. The zero-order chi connectivity index (χ0) is 28.8. The summed E-state index contributed by atoms with van der Waals surface area (Å²) in [6, 6.07) is 6.66. The van der Waals surface area contributed by atoms with Crippen LogP contribution in [0.4, 0.5) is 5.69 Å². The van der Waals surface area contributed by atoms with Crippen molar-refractivity contribution in [3.63, 3.8) is 0 Å². The Morgan fingerprint density at radius 1 is 1.20 bits per heavy atom. The van der Waals surface area contributed by atoms with Gasteiger partial charge < -0.3 is 29.5 Å². The molecule has 0 saturated carbocycles. The van der Waals surface area contributed by atoms with E-state index in [1.807, 2.05) is 11.0 Å². The number of aliphatic hydroxyl groups is 1. The lowest BCUT2D eigenvalue weighted by Crippen LogP contribution is -2.45. The largest absolute Gasteiger partial charge is 0.481 e. The predicted molar refractivity (Wildman–Crippen MR) is 147 cm³/mol. The van der Waals surface area contributed by atoms with E-state index in [1.54, 1.807) is 47.4 Å². The minimum absolute atomic E-state index is 0.0186. The van der Waals surface area contributed by atoms with E-state index in [4.69, 9.17) is 9.47 Å². The number of carbonyl (C=O) groups is 3. The number of unbranched alkanes of at least 4 members (excludes halogenated alkanes) is 1. The summed E-state index contributed by atoms with van der Waals surface area (Å²) in [7, 11) is 1.68. The lowest BCUT2D eigenvalue weighted by Gasteiger charge is -2.30. The van der Waals surface area contributed by atoms with Crippen LogP contribution in [0, 0.1) is 5.92 Å². The number of carboxylic acids is 1. The SMILES string of the molecule is CCCCN(C(=O)CN1C[C@H](c2cc(CO)c3c(c2)OCO3)[C@@H](C(=O)O)[C@@H]1CCN(C)C(C)=O)c1cccnc1. The Balaban J connectivity index is 1.67. The highest BCUT2D eigenvalue weighted by molar-refractivity contribution is 5.94. The highest BCUT2D eigenvalue weighted by atomic mass is 16.7. The molecule has 2 N–H and O–H groups in total. The maximum atomic E-state index is 13.7. The number of aliphatic carboxylic acids is 1. The minimum Gasteiger partial charge on any atom is -0.481 e. The van der Waals surface area contributed by atoms with Gasteiger partial charge in [0.15, 0.2) is 11.5 Å². The van der Waals surface area contributed by atoms with Crippen LogP contribution in [0.1, 0.15) is 50.2 Å². The quantitative estimate of drug-likeness (QED) is 0.406. The summed E-state index contributed by atoms with van der Waals surface area (Å²) in [5.41, 5.74) is 1.93. The van der Waals surface area contributed by atoms with Gasteiger partial charge in [-0.05, 0) is 42.7 Å². The molecule has 4 rings (SSSR count). The molecule has 11 heteroatoms. The van der Waals surface area contributed by atoms with Crippen LogP contribution in [0.2, 0.25) is 0 Å². The summed E-state index contributed by atoms with van der Waals surface area (Å²) in [6.45, 7) is 4.49. The molecule has 1 aromatic heterocycles. The number of fused-ring (bicyclic) bond motifs is 1. The van der Waals surface area contributed by atoms with Crippen molar-refractivity contribution in [2.24, 2.45) is 5.92 Å². The highest BCUT2D eigenvalue weighted by Gasteiger charge is 2.47. The third-order valence-electron chi connectivity index (χ3n) is 7.83. The molecule has 2 aliphatic heterocycles. The van der Waals surface area contributed by atoms with Gasteiger partial charge in [0.1, 0.15) is 0 Å². The molecule has 3 heterocycles. The second-order valence-electron chi connectivity index (χ2n) is 10.4. The van der Waals surface area contributed by atoms with Crippen molar-refractivity contribution < 1.29 is 34.1 Å². The van der Waals surface area contributed by atoms with E-state index < -0.39 is 23.8 Å². The van der Waals surface area contributed by atoms with Crippen LogP contribution in [-0.4, -0.2) is 88.8 Å². The van der Waals surface area contributed by atoms with E-state index in [0.717, 1.165) is 12.8 Å². The number of hydrogen-bond donors (Lipinski definition) is 2. The van der Waals surface area contributed by atoms with E-state index in [2.05, 4.69) is 11.9 Å². The average molecular weight is 555 g/mol. The number of ether oxygens (including phenoxy) is 2. The van der Waals surface area contributed by atoms with Crippen molar-refractivity contribution in [1.82, 2.24) is 14.8 Å². The molecule has 1 saturated heterocycles. The lowest BCUT2D eigenvalue weighted by molar-refractivity contribution is -0.143. The van der Waals surface area contributed by atoms with Crippen LogP contribution >= 0.6 is 0 Å². The standard InChI is InChI=1S/C29H38N4O7/c1-4-5-10-33(22-7-6-9-30-14-22)26(36)16-32-15-23(20-12-21(17-34)28-25(13-20)39-18-40-28)27(29(37)38)24(32)8-11-31(3)19(2)35/h6-7,9,12-14,23-24,27,34H,4-5,8,10-11,15-18H2,1-3H3,(H,37,38)/t23-,24+,27-/m1/s1. The first kappa shape index (κ1) is 29.3. The van der Waals surface area contributed by atoms with Crippen molar-refractivity contribution in [3.8, 4) is 11.5 Å². The van der Waals surface area contributed by atoms with Crippen LogP contribution in [0.25, 0.3) is 0 Å². The summed E-state index contributed by atoms with van der Waals surface area (Å²) in [5.74, 6) is -1.62. The maximum absolute atomic E-state index is 13.7. The molecular formula is C29H38N4O7. The fourth-order valence-electron chi connectivity index (χ4n) is 5.60. The molecule has 216 valence electrons. The lowest BCUT2D eigenvalue weighted by atomic mass is 9.83. The summed E-state index contributed by atoms with van der Waals surface area (Å²) < 4.78 is 11.1. The summed E-state index contributed by atoms with van der Waals surface area (Å²) in [5, 5.41) is 20.4. The molecule has 1 fully saturated rings. The van der Waals surface area contributed by atoms with E-state index in [0.29, 0.717) is 54.4 Å². The van der Waals surface area contributed by atoms with Crippen LogP contribution in [-0.2, 0) is 21.0 Å². The van der Waals surface area contributed by atoms with Crippen molar-refractivity contribution in [1.29, 1.82) is 0 Å². The summed E-state index contributed by atoms with van der Waals surface area (Å²) in [6.07, 6.45) is 5.42. The van der Waals surface area contributed by atoms with Crippen LogP contribution in [0.5, 0.6) is 11.5 Å². The molecule has 1 aromatic carbocycles. The zero-order valence-corrected chi connectivity index (χ0v) is 23.3. The van der Waals surface area contributed by atoms with Gasteiger partial charge in [0.05, 0.1) is 31.0 Å². The molecule has 2 aliphatic rings. The van der Waals surface area contributed by atoms with Gasteiger partial charge in [0, 0.05) is 57.3 Å². The van der Waals surface area contributed by atoms with Gasteiger partial charge in [-0.15, -0.1) is 0 Å². The predicted octanol–water partition coefficient (Wildman–Crippen LogP) is 2.47. The fraction of sp³-hybridized carbons (Fsp3) is 0.517. The number of carbonyl (C=O) groups excluding carboxylic acids is 2. The van der Waals surface area contributed by atoms with Gasteiger partial charge in [-0.3, -0.25) is 24.3 Å². The number of carboxylic acid groups (broad SMARTS) is 1. The number of amides is 2. The number of nitrogens with zero attached hydrogens (tertiary/aromatic N) is 4. The van der Waals surface area contributed by atoms with Gasteiger partial charge in [0.2, 0.25) is 18.6 Å². The number of aromatic nitrogens is 1.